The molecule has 33 heavy (non-hydrogen) atoms. The third-order valence-corrected chi connectivity index (χ3v) is 8.66. The summed E-state index contributed by atoms with van der Waals surface area (Å²) in [6.07, 6.45) is 3.54. The van der Waals surface area contributed by atoms with E-state index in [1.807, 2.05) is 5.38 Å². The van der Waals surface area contributed by atoms with Crippen molar-refractivity contribution in [1.29, 1.82) is 0 Å². The molecule has 0 aliphatic heterocycles. The first-order chi connectivity index (χ1) is 16.0. The normalized spacial score (nSPS) is 12.9. The number of nitrogens with zero attached hydrogens (tertiary/aromatic N) is 2. The number of thioether (sulfide) groups is 1. The van der Waals surface area contributed by atoms with Gasteiger partial charge in [-0.2, -0.15) is 11.8 Å². The molecule has 9 heteroatoms. The van der Waals surface area contributed by atoms with Crippen molar-refractivity contribution >= 4 is 55.7 Å². The van der Waals surface area contributed by atoms with E-state index in [4.69, 9.17) is 0 Å². The third kappa shape index (κ3) is 4.76. The summed E-state index contributed by atoms with van der Waals surface area (Å²) in [5, 5.41) is 6.27. The number of thiazole rings is 1. The zero-order valence-corrected chi connectivity index (χ0v) is 20.9. The Labute approximate surface area is 203 Å². The first-order valence-corrected chi connectivity index (χ1v) is 13.8. The molecular formula is C24H24N4O2S3. The largest absolute Gasteiger partial charge is 0.309 e. The van der Waals surface area contributed by atoms with Gasteiger partial charge in [-0.3, -0.25) is 9.59 Å². The van der Waals surface area contributed by atoms with E-state index in [2.05, 4.69) is 52.3 Å². The maximum absolute atomic E-state index is 12.5. The van der Waals surface area contributed by atoms with Crippen LogP contribution >= 0.6 is 34.4 Å². The summed E-state index contributed by atoms with van der Waals surface area (Å²) in [6.45, 7) is 4.14. The lowest BCUT2D eigenvalue weighted by molar-refractivity contribution is -0.115. The lowest BCUT2D eigenvalue weighted by atomic mass is 10.0. The number of aromatic amines is 1. The second kappa shape index (κ2) is 9.40. The van der Waals surface area contributed by atoms with Gasteiger partial charge in [0.15, 0.2) is 5.13 Å². The van der Waals surface area contributed by atoms with Crippen LogP contribution in [-0.2, 0) is 23.4 Å². The lowest BCUT2D eigenvalue weighted by Crippen LogP contribution is -2.13. The Morgan fingerprint density at radius 2 is 2.12 bits per heavy atom. The van der Waals surface area contributed by atoms with Crippen molar-refractivity contribution in [3.8, 4) is 11.3 Å². The Bertz CT molecular complexity index is 1400. The topological polar surface area (TPSA) is 87.7 Å². The number of amides is 1. The van der Waals surface area contributed by atoms with Crippen LogP contribution in [-0.4, -0.2) is 26.6 Å². The van der Waals surface area contributed by atoms with E-state index in [-0.39, 0.29) is 11.5 Å². The van der Waals surface area contributed by atoms with E-state index in [0.717, 1.165) is 40.7 Å². The maximum Gasteiger partial charge on any atom is 0.259 e. The lowest BCUT2D eigenvalue weighted by Gasteiger charge is -2.04. The van der Waals surface area contributed by atoms with Gasteiger partial charge in [-0.1, -0.05) is 23.8 Å². The van der Waals surface area contributed by atoms with Crippen molar-refractivity contribution in [3.05, 3.63) is 61.3 Å². The van der Waals surface area contributed by atoms with Gasteiger partial charge in [0.25, 0.3) is 5.56 Å². The van der Waals surface area contributed by atoms with Gasteiger partial charge in [-0.15, -0.1) is 22.7 Å². The first-order valence-electron chi connectivity index (χ1n) is 10.9. The van der Waals surface area contributed by atoms with Crippen LogP contribution in [0.3, 0.4) is 0 Å². The zero-order valence-electron chi connectivity index (χ0n) is 18.5. The summed E-state index contributed by atoms with van der Waals surface area (Å²) >= 11 is 4.68. The van der Waals surface area contributed by atoms with Gasteiger partial charge in [0.2, 0.25) is 5.91 Å². The molecule has 6 nitrogen and oxygen atoms in total. The Kier molecular flexibility index (Phi) is 6.36. The minimum atomic E-state index is -0.0596. The van der Waals surface area contributed by atoms with E-state index < -0.39 is 0 Å². The fraction of sp³-hybridized carbons (Fsp3) is 0.333. The van der Waals surface area contributed by atoms with Gasteiger partial charge in [-0.05, 0) is 44.2 Å². The molecule has 170 valence electrons. The molecule has 4 aromatic rings. The molecule has 1 amide bonds. The van der Waals surface area contributed by atoms with Gasteiger partial charge >= 0.3 is 0 Å². The predicted octanol–water partition coefficient (Wildman–Crippen LogP) is 5.48. The predicted molar refractivity (Wildman–Crippen MR) is 139 cm³/mol. The molecule has 1 aromatic carbocycles. The molecule has 0 unspecified atom stereocenters. The molecule has 0 saturated heterocycles. The molecule has 1 aliphatic carbocycles. The van der Waals surface area contributed by atoms with E-state index in [0.29, 0.717) is 28.9 Å². The molecule has 0 fully saturated rings. The Morgan fingerprint density at radius 1 is 1.24 bits per heavy atom. The van der Waals surface area contributed by atoms with Crippen LogP contribution in [0.2, 0.25) is 0 Å². The smallest absolute Gasteiger partial charge is 0.259 e. The van der Waals surface area contributed by atoms with Crippen LogP contribution in [0.25, 0.3) is 21.5 Å². The molecule has 2 N–H and O–H groups in total. The molecule has 3 aromatic heterocycles. The average molecular weight is 497 g/mol. The summed E-state index contributed by atoms with van der Waals surface area (Å²) in [5.41, 5.74) is 5.52. The Morgan fingerprint density at radius 3 is 2.97 bits per heavy atom. The Hall–Kier alpha value is -2.49. The number of carbonyl (C=O) groups is 1. The van der Waals surface area contributed by atoms with Crippen molar-refractivity contribution < 1.29 is 4.79 Å². The molecule has 0 bridgehead atoms. The van der Waals surface area contributed by atoms with Crippen LogP contribution in [0.5, 0.6) is 0 Å². The number of rotatable bonds is 7. The summed E-state index contributed by atoms with van der Waals surface area (Å²) in [4.78, 5) is 39.2. The van der Waals surface area contributed by atoms with E-state index in [1.165, 1.54) is 32.9 Å². The SMILES string of the molecule is Cc1ccc(-c2csc(NC(=O)CCSCc3nc4sc5c(c4c(=O)[nH]3)CCC5)n2)c(C)c1. The standard InChI is InChI=1S/C24H24N4O2S3/c1-13-6-7-15(14(2)10-13)17-11-32-24(25-17)28-20(29)8-9-31-12-19-26-22(30)21-16-4-3-5-18(16)33-23(21)27-19/h6-7,10-11H,3-5,8-9,12H2,1-2H3,(H,25,28,29)(H,26,27,30). The van der Waals surface area contributed by atoms with Crippen molar-refractivity contribution in [2.45, 2.75) is 45.3 Å². The monoisotopic (exact) mass is 496 g/mol. The molecule has 0 atom stereocenters. The van der Waals surface area contributed by atoms with Gasteiger partial charge in [0.05, 0.1) is 16.8 Å². The number of thiophene rings is 1. The summed E-state index contributed by atoms with van der Waals surface area (Å²) in [5.74, 6) is 1.84. The van der Waals surface area contributed by atoms with Gasteiger partial charge < -0.3 is 10.3 Å². The highest BCUT2D eigenvalue weighted by Gasteiger charge is 2.21. The fourth-order valence-electron chi connectivity index (χ4n) is 4.19. The molecule has 0 saturated carbocycles. The fourth-order valence-corrected chi connectivity index (χ4v) is 7.00. The minimum Gasteiger partial charge on any atom is -0.309 e. The summed E-state index contributed by atoms with van der Waals surface area (Å²) < 4.78 is 0. The summed E-state index contributed by atoms with van der Waals surface area (Å²) in [7, 11) is 0. The molecule has 5 rings (SSSR count). The number of hydrogen-bond donors (Lipinski definition) is 2. The minimum absolute atomic E-state index is 0.0314. The van der Waals surface area contributed by atoms with Crippen molar-refractivity contribution in [1.82, 2.24) is 15.0 Å². The van der Waals surface area contributed by atoms with Crippen molar-refractivity contribution in [2.75, 3.05) is 11.1 Å². The zero-order chi connectivity index (χ0) is 22.9. The maximum atomic E-state index is 12.5. The molecular weight excluding hydrogens is 472 g/mol. The quantitative estimate of drug-likeness (QED) is 0.331. The number of aryl methyl sites for hydroxylation is 4. The second-order valence-electron chi connectivity index (χ2n) is 8.26. The first kappa shape index (κ1) is 22.3. The molecule has 1 aliphatic rings. The molecule has 3 heterocycles. The van der Waals surface area contributed by atoms with Gasteiger partial charge in [0.1, 0.15) is 10.7 Å². The summed E-state index contributed by atoms with van der Waals surface area (Å²) in [6, 6.07) is 6.28. The third-order valence-electron chi connectivity index (χ3n) is 5.74. The number of carbonyl (C=O) groups excluding carboxylic acids is 1. The van der Waals surface area contributed by atoms with E-state index >= 15 is 0 Å². The molecule has 0 radical (unpaired) electrons. The number of fused-ring (bicyclic) bond motifs is 3. The van der Waals surface area contributed by atoms with Crippen LogP contribution in [0.15, 0.2) is 28.4 Å². The highest BCUT2D eigenvalue weighted by atomic mass is 32.2. The van der Waals surface area contributed by atoms with Crippen LogP contribution < -0.4 is 10.9 Å². The number of nitrogens with one attached hydrogen (secondary N) is 2. The average Bonchev–Trinajstić information content (AvgIpc) is 3.47. The highest BCUT2D eigenvalue weighted by Crippen LogP contribution is 2.34. The van der Waals surface area contributed by atoms with Crippen molar-refractivity contribution in [2.24, 2.45) is 0 Å². The van der Waals surface area contributed by atoms with Gasteiger partial charge in [-0.25, -0.2) is 9.97 Å². The van der Waals surface area contributed by atoms with Crippen LogP contribution in [0.4, 0.5) is 5.13 Å². The molecule has 0 spiro atoms. The number of hydrogen-bond acceptors (Lipinski definition) is 7. The van der Waals surface area contributed by atoms with Crippen LogP contribution in [0, 0.1) is 13.8 Å². The van der Waals surface area contributed by atoms with E-state index in [1.54, 1.807) is 23.1 Å². The Balaban J connectivity index is 1.13. The number of aromatic nitrogens is 3. The highest BCUT2D eigenvalue weighted by molar-refractivity contribution is 7.98. The van der Waals surface area contributed by atoms with Gasteiger partial charge in [0, 0.05) is 28.0 Å². The van der Waals surface area contributed by atoms with Crippen LogP contribution in [0.1, 0.15) is 40.2 Å². The van der Waals surface area contributed by atoms with E-state index in [9.17, 15) is 9.59 Å². The number of H-pyrrole nitrogens is 1. The second-order valence-corrected chi connectivity index (χ2v) is 11.3. The number of anilines is 1. The number of benzene rings is 1. The van der Waals surface area contributed by atoms with Crippen molar-refractivity contribution in [3.63, 3.8) is 0 Å².